The molecule has 3 aromatic rings. The highest BCUT2D eigenvalue weighted by molar-refractivity contribution is 7.08. The Morgan fingerprint density at radius 2 is 2.11 bits per heavy atom. The molecule has 0 N–H and O–H groups in total. The molecule has 1 fully saturated rings. The van der Waals surface area contributed by atoms with E-state index in [1.54, 1.807) is 43.8 Å². The molecule has 7 nitrogen and oxygen atoms in total. The molecule has 4 rings (SSSR count). The molecule has 2 aromatic heterocycles. The van der Waals surface area contributed by atoms with Crippen molar-refractivity contribution in [2.45, 2.75) is 12.3 Å². The summed E-state index contributed by atoms with van der Waals surface area (Å²) in [6.07, 6.45) is 0.807. The van der Waals surface area contributed by atoms with Gasteiger partial charge < -0.3 is 18.9 Å². The summed E-state index contributed by atoms with van der Waals surface area (Å²) < 4.78 is 15.9. The quantitative estimate of drug-likeness (QED) is 0.669. The number of thiophene rings is 1. The molecule has 1 saturated heterocycles. The minimum absolute atomic E-state index is 0.0417. The fourth-order valence-electron chi connectivity index (χ4n) is 3.21. The van der Waals surface area contributed by atoms with Crippen LogP contribution in [0.25, 0.3) is 11.5 Å². The van der Waals surface area contributed by atoms with Crippen molar-refractivity contribution in [2.24, 2.45) is 0 Å². The number of nitrogens with zero attached hydrogens (tertiary/aromatic N) is 3. The summed E-state index contributed by atoms with van der Waals surface area (Å²) in [4.78, 5) is 19.2. The van der Waals surface area contributed by atoms with Crippen LogP contribution in [0.5, 0.6) is 11.5 Å². The van der Waals surface area contributed by atoms with E-state index in [1.165, 1.54) is 0 Å². The Morgan fingerprint density at radius 1 is 1.26 bits per heavy atom. The van der Waals surface area contributed by atoms with Crippen LogP contribution < -0.4 is 9.47 Å². The number of carbonyl (C=O) groups is 1. The van der Waals surface area contributed by atoms with Gasteiger partial charge in [0.15, 0.2) is 17.3 Å². The smallest absolute Gasteiger partial charge is 0.258 e. The molecule has 0 aliphatic carbocycles. The van der Waals surface area contributed by atoms with E-state index < -0.39 is 0 Å². The van der Waals surface area contributed by atoms with E-state index in [0.717, 1.165) is 12.0 Å². The van der Waals surface area contributed by atoms with Gasteiger partial charge in [-0.15, -0.1) is 0 Å². The topological polar surface area (TPSA) is 77.7 Å². The van der Waals surface area contributed by atoms with E-state index in [9.17, 15) is 4.79 Å². The SMILES string of the molecule is COc1ccc(C(=O)N2CC[C@H](c3noc(-c4ccsc4)n3)C2)cc1OC. The van der Waals surface area contributed by atoms with Crippen LogP contribution in [-0.2, 0) is 0 Å². The number of hydrogen-bond donors (Lipinski definition) is 0. The zero-order valence-corrected chi connectivity index (χ0v) is 15.9. The maximum absolute atomic E-state index is 12.9. The van der Waals surface area contributed by atoms with Crippen molar-refractivity contribution in [3.8, 4) is 23.0 Å². The Morgan fingerprint density at radius 3 is 2.85 bits per heavy atom. The lowest BCUT2D eigenvalue weighted by Crippen LogP contribution is -2.28. The molecule has 8 heteroatoms. The highest BCUT2D eigenvalue weighted by atomic mass is 32.1. The summed E-state index contributed by atoms with van der Waals surface area (Å²) in [5.74, 6) is 2.35. The molecule has 0 unspecified atom stereocenters. The maximum atomic E-state index is 12.9. The summed E-state index contributed by atoms with van der Waals surface area (Å²) >= 11 is 1.58. The van der Waals surface area contributed by atoms with Gasteiger partial charge in [0.25, 0.3) is 11.8 Å². The van der Waals surface area contributed by atoms with Crippen molar-refractivity contribution < 1.29 is 18.8 Å². The first-order valence-corrected chi connectivity index (χ1v) is 9.51. The summed E-state index contributed by atoms with van der Waals surface area (Å²) in [5.41, 5.74) is 1.50. The van der Waals surface area contributed by atoms with Gasteiger partial charge in [0, 0.05) is 30.0 Å². The molecule has 1 aliphatic heterocycles. The van der Waals surface area contributed by atoms with Gasteiger partial charge in [0.05, 0.1) is 19.8 Å². The number of carbonyl (C=O) groups excluding carboxylic acids is 1. The van der Waals surface area contributed by atoms with E-state index in [1.807, 2.05) is 21.7 Å². The second kappa shape index (κ2) is 7.40. The molecular weight excluding hydrogens is 366 g/mol. The Kier molecular flexibility index (Phi) is 4.81. The zero-order chi connectivity index (χ0) is 18.8. The number of methoxy groups -OCH3 is 2. The van der Waals surface area contributed by atoms with Crippen LogP contribution in [0.2, 0.25) is 0 Å². The van der Waals surface area contributed by atoms with Crippen LogP contribution in [0.15, 0.2) is 39.5 Å². The van der Waals surface area contributed by atoms with Crippen molar-refractivity contribution >= 4 is 17.2 Å². The van der Waals surface area contributed by atoms with Gasteiger partial charge in [0.2, 0.25) is 0 Å². The van der Waals surface area contributed by atoms with Crippen LogP contribution in [-0.4, -0.2) is 48.3 Å². The highest BCUT2D eigenvalue weighted by Gasteiger charge is 2.31. The third-order valence-electron chi connectivity index (χ3n) is 4.68. The first-order valence-electron chi connectivity index (χ1n) is 8.57. The fraction of sp³-hybridized carbons (Fsp3) is 0.316. The average molecular weight is 385 g/mol. The standard InChI is InChI=1S/C19H19N3O4S/c1-24-15-4-3-12(9-16(15)25-2)19(23)22-7-5-13(10-22)17-20-18(26-21-17)14-6-8-27-11-14/h3-4,6,8-9,11,13H,5,7,10H2,1-2H3/t13-/m0/s1. The second-order valence-electron chi connectivity index (χ2n) is 6.28. The van der Waals surface area contributed by atoms with Crippen molar-refractivity contribution in [3.63, 3.8) is 0 Å². The highest BCUT2D eigenvalue weighted by Crippen LogP contribution is 2.31. The van der Waals surface area contributed by atoms with Crippen LogP contribution in [0.4, 0.5) is 0 Å². The second-order valence-corrected chi connectivity index (χ2v) is 7.06. The number of likely N-dealkylation sites (tertiary alicyclic amines) is 1. The Bertz CT molecular complexity index is 938. The molecule has 1 aromatic carbocycles. The predicted octanol–water partition coefficient (Wildman–Crippen LogP) is 3.45. The van der Waals surface area contributed by atoms with Crippen molar-refractivity contribution in [2.75, 3.05) is 27.3 Å². The van der Waals surface area contributed by atoms with Gasteiger partial charge in [-0.05, 0) is 36.1 Å². The Labute approximate surface area is 160 Å². The number of benzene rings is 1. The molecule has 27 heavy (non-hydrogen) atoms. The summed E-state index contributed by atoms with van der Waals surface area (Å²) in [6, 6.07) is 7.15. The minimum atomic E-state index is -0.0417. The Hall–Kier alpha value is -2.87. The van der Waals surface area contributed by atoms with Gasteiger partial charge in [-0.2, -0.15) is 16.3 Å². The van der Waals surface area contributed by atoms with Gasteiger partial charge in [-0.25, -0.2) is 0 Å². The first-order chi connectivity index (χ1) is 13.2. The normalized spacial score (nSPS) is 16.5. The van der Waals surface area contributed by atoms with Crippen LogP contribution in [0.1, 0.15) is 28.5 Å². The molecule has 140 valence electrons. The Balaban J connectivity index is 1.47. The van der Waals surface area contributed by atoms with Gasteiger partial charge >= 0.3 is 0 Å². The first kappa shape index (κ1) is 17.5. The minimum Gasteiger partial charge on any atom is -0.493 e. The van der Waals surface area contributed by atoms with Crippen LogP contribution in [0, 0.1) is 0 Å². The number of aromatic nitrogens is 2. The van der Waals surface area contributed by atoms with Gasteiger partial charge in [-0.1, -0.05) is 5.16 Å². The summed E-state index contributed by atoms with van der Waals surface area (Å²) in [6.45, 7) is 1.22. The number of rotatable bonds is 5. The van der Waals surface area contributed by atoms with E-state index in [-0.39, 0.29) is 11.8 Å². The zero-order valence-electron chi connectivity index (χ0n) is 15.0. The molecular formula is C19H19N3O4S. The van der Waals surface area contributed by atoms with Crippen LogP contribution >= 0.6 is 11.3 Å². The molecule has 3 heterocycles. The van der Waals surface area contributed by atoms with Gasteiger partial charge in [-0.3, -0.25) is 4.79 Å². The fourth-order valence-corrected chi connectivity index (χ4v) is 3.84. The number of ether oxygens (including phenoxy) is 2. The molecule has 0 bridgehead atoms. The van der Waals surface area contributed by atoms with Gasteiger partial charge in [0.1, 0.15) is 0 Å². The number of amides is 1. The average Bonchev–Trinajstić information content (AvgIpc) is 3.46. The molecule has 1 amide bonds. The molecule has 0 radical (unpaired) electrons. The summed E-state index contributed by atoms with van der Waals surface area (Å²) in [5, 5.41) is 8.06. The van der Waals surface area contributed by atoms with E-state index in [2.05, 4.69) is 10.1 Å². The lowest BCUT2D eigenvalue weighted by molar-refractivity contribution is 0.0790. The predicted molar refractivity (Wildman–Crippen MR) is 100 cm³/mol. The van der Waals surface area contributed by atoms with E-state index in [0.29, 0.717) is 41.9 Å². The molecule has 0 spiro atoms. The van der Waals surface area contributed by atoms with Crippen molar-refractivity contribution in [1.29, 1.82) is 0 Å². The van der Waals surface area contributed by atoms with Crippen molar-refractivity contribution in [3.05, 3.63) is 46.4 Å². The van der Waals surface area contributed by atoms with E-state index in [4.69, 9.17) is 14.0 Å². The van der Waals surface area contributed by atoms with E-state index >= 15 is 0 Å². The molecule has 0 saturated carbocycles. The largest absolute Gasteiger partial charge is 0.493 e. The summed E-state index contributed by atoms with van der Waals surface area (Å²) in [7, 11) is 3.12. The lowest BCUT2D eigenvalue weighted by Gasteiger charge is -2.17. The molecule has 1 atom stereocenters. The molecule has 1 aliphatic rings. The third-order valence-corrected chi connectivity index (χ3v) is 5.36. The monoisotopic (exact) mass is 385 g/mol. The van der Waals surface area contributed by atoms with Crippen molar-refractivity contribution in [1.82, 2.24) is 15.0 Å². The van der Waals surface area contributed by atoms with Crippen LogP contribution in [0.3, 0.4) is 0 Å². The maximum Gasteiger partial charge on any atom is 0.258 e. The lowest BCUT2D eigenvalue weighted by atomic mass is 10.1. The number of hydrogen-bond acceptors (Lipinski definition) is 7. The third kappa shape index (κ3) is 3.40.